The van der Waals surface area contributed by atoms with E-state index in [0.717, 1.165) is 48.6 Å². The fourth-order valence-electron chi connectivity index (χ4n) is 4.57. The molecule has 2 aromatic carbocycles. The second kappa shape index (κ2) is 9.36. The average molecular weight is 438 g/mol. The lowest BCUT2D eigenvalue weighted by Gasteiger charge is -2.33. The number of imidazole rings is 1. The number of aromatic nitrogens is 4. The fourth-order valence-corrected chi connectivity index (χ4v) is 4.57. The molecular formula is C27H27N5O. The van der Waals surface area contributed by atoms with Crippen LogP contribution in [0.3, 0.4) is 0 Å². The Bertz CT molecular complexity index is 1220. The summed E-state index contributed by atoms with van der Waals surface area (Å²) in [7, 11) is 0. The van der Waals surface area contributed by atoms with Gasteiger partial charge in [-0.2, -0.15) is 0 Å². The Balaban J connectivity index is 1.34. The highest BCUT2D eigenvalue weighted by molar-refractivity contribution is 5.94. The number of carbonyl (C=O) groups excluding carboxylic acids is 1. The number of aryl methyl sites for hydroxylation is 1. The molecule has 6 heteroatoms. The second-order valence-electron chi connectivity index (χ2n) is 8.60. The molecule has 1 saturated heterocycles. The van der Waals surface area contributed by atoms with Crippen LogP contribution in [0.2, 0.25) is 0 Å². The van der Waals surface area contributed by atoms with E-state index in [0.29, 0.717) is 12.1 Å². The number of carbonyl (C=O) groups is 1. The molecule has 166 valence electrons. The Morgan fingerprint density at radius 3 is 2.67 bits per heavy atom. The van der Waals surface area contributed by atoms with Crippen LogP contribution in [0.4, 0.5) is 0 Å². The van der Waals surface area contributed by atoms with Crippen molar-refractivity contribution in [2.75, 3.05) is 13.1 Å². The molecule has 1 amide bonds. The number of piperidine rings is 1. The Morgan fingerprint density at radius 1 is 1.09 bits per heavy atom. The van der Waals surface area contributed by atoms with Crippen LogP contribution >= 0.6 is 0 Å². The van der Waals surface area contributed by atoms with Crippen molar-refractivity contribution in [3.63, 3.8) is 0 Å². The molecule has 1 unspecified atom stereocenters. The molecule has 0 radical (unpaired) electrons. The van der Waals surface area contributed by atoms with Crippen LogP contribution in [0.5, 0.6) is 0 Å². The van der Waals surface area contributed by atoms with E-state index in [1.165, 1.54) is 5.56 Å². The smallest absolute Gasteiger partial charge is 0.253 e. The van der Waals surface area contributed by atoms with E-state index >= 15 is 0 Å². The normalized spacial score (nSPS) is 16.0. The summed E-state index contributed by atoms with van der Waals surface area (Å²) in [6.07, 6.45) is 10.1. The molecule has 1 fully saturated rings. The van der Waals surface area contributed by atoms with Crippen molar-refractivity contribution in [3.8, 4) is 5.69 Å². The zero-order chi connectivity index (χ0) is 22.6. The first-order chi connectivity index (χ1) is 16.2. The maximum atomic E-state index is 13.3. The van der Waals surface area contributed by atoms with Crippen LogP contribution in [0.15, 0.2) is 79.5 Å². The molecule has 2 aromatic heterocycles. The van der Waals surface area contributed by atoms with E-state index < -0.39 is 0 Å². The van der Waals surface area contributed by atoms with Gasteiger partial charge < -0.3 is 9.47 Å². The summed E-state index contributed by atoms with van der Waals surface area (Å²) >= 11 is 0. The van der Waals surface area contributed by atoms with Gasteiger partial charge in [0.15, 0.2) is 0 Å². The van der Waals surface area contributed by atoms with E-state index in [2.05, 4.69) is 34.2 Å². The molecule has 0 saturated carbocycles. The first kappa shape index (κ1) is 21.1. The first-order valence-electron chi connectivity index (χ1n) is 11.4. The lowest BCUT2D eigenvalue weighted by molar-refractivity contribution is 0.0705. The third-order valence-electron chi connectivity index (χ3n) is 6.27. The number of rotatable bonds is 5. The number of nitrogens with zero attached hydrogens (tertiary/aromatic N) is 5. The summed E-state index contributed by atoms with van der Waals surface area (Å²) in [5, 5.41) is 0. The summed E-state index contributed by atoms with van der Waals surface area (Å²) < 4.78 is 1.93. The summed E-state index contributed by atoms with van der Waals surface area (Å²) in [6, 6.07) is 18.1. The Kier molecular flexibility index (Phi) is 5.98. The molecule has 6 nitrogen and oxygen atoms in total. The second-order valence-corrected chi connectivity index (χ2v) is 8.60. The van der Waals surface area contributed by atoms with E-state index in [4.69, 9.17) is 4.98 Å². The molecule has 0 spiro atoms. The molecule has 0 aliphatic carbocycles. The summed E-state index contributed by atoms with van der Waals surface area (Å²) in [5.74, 6) is 1.07. The zero-order valence-electron chi connectivity index (χ0n) is 18.8. The lowest BCUT2D eigenvalue weighted by atomic mass is 9.90. The van der Waals surface area contributed by atoms with Gasteiger partial charge in [0.25, 0.3) is 5.91 Å². The lowest BCUT2D eigenvalue weighted by Crippen LogP contribution is -2.39. The van der Waals surface area contributed by atoms with E-state index in [1.807, 2.05) is 59.1 Å². The minimum Gasteiger partial charge on any atom is -0.338 e. The fraction of sp³-hybridized carbons (Fsp3) is 0.259. The van der Waals surface area contributed by atoms with Crippen molar-refractivity contribution in [3.05, 3.63) is 108 Å². The molecule has 0 bridgehead atoms. The van der Waals surface area contributed by atoms with Crippen LogP contribution in [0.1, 0.15) is 51.8 Å². The van der Waals surface area contributed by atoms with Crippen LogP contribution in [0, 0.1) is 6.92 Å². The summed E-state index contributed by atoms with van der Waals surface area (Å²) in [6.45, 7) is 3.39. The molecule has 3 heterocycles. The number of benzene rings is 2. The minimum absolute atomic E-state index is 0.0762. The largest absolute Gasteiger partial charge is 0.338 e. The number of amides is 1. The number of likely N-dealkylation sites (tertiary alicyclic amines) is 1. The van der Waals surface area contributed by atoms with Crippen LogP contribution in [0.25, 0.3) is 5.69 Å². The summed E-state index contributed by atoms with van der Waals surface area (Å²) in [4.78, 5) is 28.7. The Morgan fingerprint density at radius 2 is 1.91 bits per heavy atom. The van der Waals surface area contributed by atoms with Crippen molar-refractivity contribution >= 4 is 5.91 Å². The number of hydrogen-bond donors (Lipinski definition) is 0. The highest BCUT2D eigenvalue weighted by atomic mass is 16.2. The van der Waals surface area contributed by atoms with Crippen molar-refractivity contribution in [2.24, 2.45) is 0 Å². The van der Waals surface area contributed by atoms with Gasteiger partial charge in [0.2, 0.25) is 0 Å². The van der Waals surface area contributed by atoms with E-state index in [1.54, 1.807) is 12.5 Å². The van der Waals surface area contributed by atoms with Gasteiger partial charge in [-0.05, 0) is 55.2 Å². The average Bonchev–Trinajstić information content (AvgIpc) is 3.41. The SMILES string of the molecule is Cc1ncc(Cc2ccccc2)c(C2CCCN(C(=O)c3ccc(-n4ccnc4)cc3)C2)n1. The molecule has 0 N–H and O–H groups in total. The maximum Gasteiger partial charge on any atom is 0.253 e. The molecule has 1 atom stereocenters. The third kappa shape index (κ3) is 4.70. The molecule has 4 aromatic rings. The number of hydrogen-bond acceptors (Lipinski definition) is 4. The van der Waals surface area contributed by atoms with Gasteiger partial charge in [-0.3, -0.25) is 4.79 Å². The predicted octanol–water partition coefficient (Wildman–Crippen LogP) is 4.58. The third-order valence-corrected chi connectivity index (χ3v) is 6.27. The van der Waals surface area contributed by atoms with Gasteiger partial charge in [-0.1, -0.05) is 30.3 Å². The summed E-state index contributed by atoms with van der Waals surface area (Å²) in [5.41, 5.74) is 5.17. The predicted molar refractivity (Wildman–Crippen MR) is 127 cm³/mol. The zero-order valence-corrected chi connectivity index (χ0v) is 18.8. The van der Waals surface area contributed by atoms with Crippen molar-refractivity contribution in [2.45, 2.75) is 32.1 Å². The highest BCUT2D eigenvalue weighted by Gasteiger charge is 2.28. The molecule has 5 rings (SSSR count). The van der Waals surface area contributed by atoms with Gasteiger partial charge in [-0.25, -0.2) is 15.0 Å². The Hall–Kier alpha value is -3.80. The maximum absolute atomic E-state index is 13.3. The van der Waals surface area contributed by atoms with Gasteiger partial charge in [0.05, 0.1) is 12.0 Å². The molecule has 33 heavy (non-hydrogen) atoms. The van der Waals surface area contributed by atoms with Gasteiger partial charge in [0, 0.05) is 55.3 Å². The molecular weight excluding hydrogens is 410 g/mol. The van der Waals surface area contributed by atoms with E-state index in [-0.39, 0.29) is 11.8 Å². The first-order valence-corrected chi connectivity index (χ1v) is 11.4. The molecule has 1 aliphatic heterocycles. The van der Waals surface area contributed by atoms with Crippen molar-refractivity contribution in [1.82, 2.24) is 24.4 Å². The van der Waals surface area contributed by atoms with E-state index in [9.17, 15) is 4.79 Å². The van der Waals surface area contributed by atoms with Gasteiger partial charge in [-0.15, -0.1) is 0 Å². The van der Waals surface area contributed by atoms with Crippen LogP contribution < -0.4 is 0 Å². The van der Waals surface area contributed by atoms with Crippen molar-refractivity contribution in [1.29, 1.82) is 0 Å². The topological polar surface area (TPSA) is 63.9 Å². The Labute approximate surface area is 194 Å². The monoisotopic (exact) mass is 437 g/mol. The van der Waals surface area contributed by atoms with Crippen LogP contribution in [-0.4, -0.2) is 43.4 Å². The van der Waals surface area contributed by atoms with Crippen LogP contribution in [-0.2, 0) is 6.42 Å². The minimum atomic E-state index is 0.0762. The van der Waals surface area contributed by atoms with Gasteiger partial charge in [0.1, 0.15) is 5.82 Å². The molecule has 1 aliphatic rings. The highest BCUT2D eigenvalue weighted by Crippen LogP contribution is 2.30. The van der Waals surface area contributed by atoms with Crippen molar-refractivity contribution < 1.29 is 4.79 Å². The van der Waals surface area contributed by atoms with Gasteiger partial charge >= 0.3 is 0 Å². The standard InChI is InChI=1S/C27H27N5O/c1-20-29-17-24(16-21-6-3-2-4-7-21)26(30-20)23-8-5-14-31(18-23)27(33)22-9-11-25(12-10-22)32-15-13-28-19-32/h2-4,6-7,9-13,15,17,19,23H,5,8,14,16,18H2,1H3. The quantitative estimate of drug-likeness (QED) is 0.458.